The number of hydrogen-bond acceptors (Lipinski definition) is 4. The Morgan fingerprint density at radius 2 is 1.67 bits per heavy atom. The minimum absolute atomic E-state index is 0.120. The van der Waals surface area contributed by atoms with Crippen molar-refractivity contribution in [3.05, 3.63) is 23.3 Å². The lowest BCUT2D eigenvalue weighted by atomic mass is 9.92. The molecule has 0 bridgehead atoms. The summed E-state index contributed by atoms with van der Waals surface area (Å²) in [7, 11) is 3.27. The molecule has 0 amide bonds. The fraction of sp³-hybridized carbons (Fsp3) is 0.647. The van der Waals surface area contributed by atoms with E-state index in [4.69, 9.17) is 9.47 Å². The van der Waals surface area contributed by atoms with Crippen molar-refractivity contribution in [1.82, 2.24) is 5.32 Å². The average molecular weight is 295 g/mol. The van der Waals surface area contributed by atoms with Gasteiger partial charge in [-0.15, -0.1) is 0 Å². The predicted octanol–water partition coefficient (Wildman–Crippen LogP) is 3.07. The summed E-state index contributed by atoms with van der Waals surface area (Å²) in [5.41, 5.74) is 1.56. The second-order valence-electron chi connectivity index (χ2n) is 6.18. The molecule has 0 spiro atoms. The van der Waals surface area contributed by atoms with E-state index in [1.165, 1.54) is 0 Å². The Hall–Kier alpha value is -1.26. The summed E-state index contributed by atoms with van der Waals surface area (Å²) in [6.45, 7) is 10.6. The Balaban J connectivity index is 2.90. The molecule has 1 aromatic carbocycles. The standard InChI is InChI=1S/C17H29NO3/c1-11(2)17(5,19)10-18-13(4)14-9-16(21-7)15(20-6)8-12(14)3/h8-9,11,13,18-19H,10H2,1-7H3. The monoisotopic (exact) mass is 295 g/mol. The highest BCUT2D eigenvalue weighted by Crippen LogP contribution is 2.33. The van der Waals surface area contributed by atoms with Crippen LogP contribution in [0.5, 0.6) is 11.5 Å². The van der Waals surface area contributed by atoms with Crippen LogP contribution < -0.4 is 14.8 Å². The lowest BCUT2D eigenvalue weighted by molar-refractivity contribution is 0.0122. The molecule has 1 aromatic rings. The van der Waals surface area contributed by atoms with Gasteiger partial charge in [-0.25, -0.2) is 0 Å². The van der Waals surface area contributed by atoms with Gasteiger partial charge >= 0.3 is 0 Å². The lowest BCUT2D eigenvalue weighted by Gasteiger charge is -2.30. The zero-order valence-electron chi connectivity index (χ0n) is 14.3. The van der Waals surface area contributed by atoms with Gasteiger partial charge in [0.05, 0.1) is 19.8 Å². The molecule has 0 aromatic heterocycles. The van der Waals surface area contributed by atoms with Gasteiger partial charge in [-0.2, -0.15) is 0 Å². The number of rotatable bonds is 7. The van der Waals surface area contributed by atoms with Crippen LogP contribution in [0, 0.1) is 12.8 Å². The van der Waals surface area contributed by atoms with E-state index in [9.17, 15) is 5.11 Å². The summed E-state index contributed by atoms with van der Waals surface area (Å²) in [5.74, 6) is 1.66. The topological polar surface area (TPSA) is 50.7 Å². The van der Waals surface area contributed by atoms with Crippen molar-refractivity contribution in [1.29, 1.82) is 0 Å². The minimum atomic E-state index is -0.723. The van der Waals surface area contributed by atoms with Gasteiger partial charge in [-0.05, 0) is 49.9 Å². The van der Waals surface area contributed by atoms with Gasteiger partial charge in [0.15, 0.2) is 11.5 Å². The molecule has 0 saturated carbocycles. The Kier molecular flexibility index (Phi) is 6.05. The molecule has 120 valence electrons. The SMILES string of the molecule is COc1cc(C)c(C(C)NCC(C)(O)C(C)C)cc1OC. The third-order valence-electron chi connectivity index (χ3n) is 4.25. The summed E-state index contributed by atoms with van der Waals surface area (Å²) in [6.07, 6.45) is 0. The maximum atomic E-state index is 10.3. The van der Waals surface area contributed by atoms with Crippen molar-refractivity contribution in [3.63, 3.8) is 0 Å². The first kappa shape index (κ1) is 17.8. The lowest BCUT2D eigenvalue weighted by Crippen LogP contribution is -2.43. The molecular weight excluding hydrogens is 266 g/mol. The maximum absolute atomic E-state index is 10.3. The maximum Gasteiger partial charge on any atom is 0.161 e. The Morgan fingerprint density at radius 3 is 2.14 bits per heavy atom. The van der Waals surface area contributed by atoms with Crippen LogP contribution in [0.2, 0.25) is 0 Å². The Bertz CT molecular complexity index is 469. The third-order valence-corrected chi connectivity index (χ3v) is 4.25. The first-order valence-electron chi connectivity index (χ1n) is 7.41. The summed E-state index contributed by atoms with van der Waals surface area (Å²) in [5, 5.41) is 13.7. The zero-order valence-corrected chi connectivity index (χ0v) is 14.3. The molecule has 21 heavy (non-hydrogen) atoms. The zero-order chi connectivity index (χ0) is 16.2. The van der Waals surface area contributed by atoms with Crippen molar-refractivity contribution < 1.29 is 14.6 Å². The average Bonchev–Trinajstić information content (AvgIpc) is 2.44. The highest BCUT2D eigenvalue weighted by molar-refractivity contribution is 5.47. The van der Waals surface area contributed by atoms with Crippen LogP contribution in [0.15, 0.2) is 12.1 Å². The van der Waals surface area contributed by atoms with Gasteiger partial charge in [0.1, 0.15) is 0 Å². The van der Waals surface area contributed by atoms with Crippen molar-refractivity contribution in [2.45, 2.75) is 46.3 Å². The molecule has 4 heteroatoms. The van der Waals surface area contributed by atoms with Gasteiger partial charge in [0.2, 0.25) is 0 Å². The van der Waals surface area contributed by atoms with Gasteiger partial charge in [-0.3, -0.25) is 0 Å². The smallest absolute Gasteiger partial charge is 0.161 e. The van der Waals surface area contributed by atoms with E-state index in [1.54, 1.807) is 14.2 Å². The Morgan fingerprint density at radius 1 is 1.14 bits per heavy atom. The van der Waals surface area contributed by atoms with Crippen LogP contribution in [0.25, 0.3) is 0 Å². The van der Waals surface area contributed by atoms with Crippen molar-refractivity contribution in [2.24, 2.45) is 5.92 Å². The first-order valence-corrected chi connectivity index (χ1v) is 7.41. The molecule has 0 saturated heterocycles. The van der Waals surface area contributed by atoms with Crippen LogP contribution in [0.3, 0.4) is 0 Å². The van der Waals surface area contributed by atoms with E-state index in [2.05, 4.69) is 19.2 Å². The number of methoxy groups -OCH3 is 2. The summed E-state index contributed by atoms with van der Waals surface area (Å²) < 4.78 is 10.7. The molecule has 0 aliphatic rings. The number of ether oxygens (including phenoxy) is 2. The number of aryl methyl sites for hydroxylation is 1. The third kappa shape index (κ3) is 4.35. The van der Waals surface area contributed by atoms with Crippen LogP contribution in [-0.4, -0.2) is 31.5 Å². The summed E-state index contributed by atoms with van der Waals surface area (Å²) in [6, 6.07) is 4.10. The van der Waals surface area contributed by atoms with Crippen molar-refractivity contribution in [3.8, 4) is 11.5 Å². The summed E-state index contributed by atoms with van der Waals surface area (Å²) >= 11 is 0. The Labute approximate surface area is 128 Å². The fourth-order valence-electron chi connectivity index (χ4n) is 2.14. The molecule has 0 heterocycles. The van der Waals surface area contributed by atoms with E-state index in [1.807, 2.05) is 32.9 Å². The minimum Gasteiger partial charge on any atom is -0.493 e. The van der Waals surface area contributed by atoms with Crippen LogP contribution in [0.1, 0.15) is 44.9 Å². The molecule has 2 unspecified atom stereocenters. The highest BCUT2D eigenvalue weighted by atomic mass is 16.5. The molecule has 0 fully saturated rings. The van der Waals surface area contributed by atoms with Crippen LogP contribution in [0.4, 0.5) is 0 Å². The molecule has 2 N–H and O–H groups in total. The van der Waals surface area contributed by atoms with Crippen molar-refractivity contribution in [2.75, 3.05) is 20.8 Å². The molecule has 0 aliphatic carbocycles. The van der Waals surface area contributed by atoms with Crippen molar-refractivity contribution >= 4 is 0 Å². The molecule has 2 atom stereocenters. The van der Waals surface area contributed by atoms with E-state index >= 15 is 0 Å². The number of benzene rings is 1. The van der Waals surface area contributed by atoms with Crippen LogP contribution >= 0.6 is 0 Å². The quantitative estimate of drug-likeness (QED) is 0.811. The van der Waals surface area contributed by atoms with E-state index in [-0.39, 0.29) is 12.0 Å². The van der Waals surface area contributed by atoms with Gasteiger partial charge in [0.25, 0.3) is 0 Å². The van der Waals surface area contributed by atoms with E-state index in [0.717, 1.165) is 22.6 Å². The van der Waals surface area contributed by atoms with E-state index < -0.39 is 5.60 Å². The number of aliphatic hydroxyl groups is 1. The predicted molar refractivity (Wildman–Crippen MR) is 86.2 cm³/mol. The molecule has 1 rings (SSSR count). The van der Waals surface area contributed by atoms with Gasteiger partial charge < -0.3 is 19.9 Å². The van der Waals surface area contributed by atoms with Gasteiger partial charge in [0, 0.05) is 12.6 Å². The highest BCUT2D eigenvalue weighted by Gasteiger charge is 2.25. The normalized spacial score (nSPS) is 15.7. The second kappa shape index (κ2) is 7.14. The fourth-order valence-corrected chi connectivity index (χ4v) is 2.14. The molecular formula is C17H29NO3. The molecule has 0 aliphatic heterocycles. The largest absolute Gasteiger partial charge is 0.493 e. The summed E-state index contributed by atoms with van der Waals surface area (Å²) in [4.78, 5) is 0. The second-order valence-corrected chi connectivity index (χ2v) is 6.18. The van der Waals surface area contributed by atoms with Crippen LogP contribution in [-0.2, 0) is 0 Å². The first-order chi connectivity index (χ1) is 9.72. The number of nitrogens with one attached hydrogen (secondary N) is 1. The van der Waals surface area contributed by atoms with Gasteiger partial charge in [-0.1, -0.05) is 13.8 Å². The van der Waals surface area contributed by atoms with E-state index in [0.29, 0.717) is 6.54 Å². The molecule has 0 radical (unpaired) electrons. The number of hydrogen-bond donors (Lipinski definition) is 2. The molecule has 4 nitrogen and oxygen atoms in total.